The van der Waals surface area contributed by atoms with Crippen molar-refractivity contribution in [3.63, 3.8) is 0 Å². The van der Waals surface area contributed by atoms with Crippen LogP contribution >= 0.6 is 11.3 Å². The van der Waals surface area contributed by atoms with E-state index in [1.165, 1.54) is 11.3 Å². The smallest absolute Gasteiger partial charge is 0.413 e. The number of carbonyl (C=O) groups excluding carboxylic acids is 1. The highest BCUT2D eigenvalue weighted by atomic mass is 32.1. The number of carbonyl (C=O) groups is 1. The van der Waals surface area contributed by atoms with Gasteiger partial charge in [-0.25, -0.2) is 14.8 Å². The maximum atomic E-state index is 11.9. The summed E-state index contributed by atoms with van der Waals surface area (Å²) in [6, 6.07) is 2.36. The Morgan fingerprint density at radius 2 is 2.08 bits per heavy atom. The van der Waals surface area contributed by atoms with Gasteiger partial charge < -0.3 is 4.74 Å². The van der Waals surface area contributed by atoms with Crippen molar-refractivity contribution in [3.8, 4) is 6.07 Å². The van der Waals surface area contributed by atoms with Crippen molar-refractivity contribution < 1.29 is 9.53 Å². The normalized spacial score (nSPS) is 27.5. The van der Waals surface area contributed by atoms with Gasteiger partial charge in [0.15, 0.2) is 15.6 Å². The molecule has 0 aliphatic heterocycles. The molecule has 2 fully saturated rings. The van der Waals surface area contributed by atoms with Crippen molar-refractivity contribution in [1.82, 2.24) is 15.0 Å². The van der Waals surface area contributed by atoms with Crippen LogP contribution in [0.25, 0.3) is 10.5 Å². The lowest BCUT2D eigenvalue weighted by atomic mass is 9.48. The largest absolute Gasteiger partial charge is 0.444 e. The fourth-order valence-electron chi connectivity index (χ4n) is 3.98. The molecule has 2 aliphatic rings. The second kappa shape index (κ2) is 5.88. The van der Waals surface area contributed by atoms with Crippen molar-refractivity contribution in [2.24, 2.45) is 11.3 Å². The first-order valence-corrected chi connectivity index (χ1v) is 9.60. The molecule has 0 aromatic carbocycles. The molecular weight excluding hydrogens is 350 g/mol. The van der Waals surface area contributed by atoms with E-state index in [0.717, 1.165) is 36.2 Å². The van der Waals surface area contributed by atoms with Crippen molar-refractivity contribution in [1.29, 1.82) is 5.26 Å². The van der Waals surface area contributed by atoms with Crippen molar-refractivity contribution in [2.75, 3.05) is 5.32 Å². The van der Waals surface area contributed by atoms with Gasteiger partial charge in [0.2, 0.25) is 0 Å². The van der Waals surface area contributed by atoms with E-state index >= 15 is 0 Å². The zero-order chi connectivity index (χ0) is 18.5. The van der Waals surface area contributed by atoms with E-state index < -0.39 is 11.7 Å². The SMILES string of the molecule is CC(C)(C)OC(=O)Nc1nc2ncc(C3CC4(CC(C#N)C4)C3)nc2s1. The first-order valence-electron chi connectivity index (χ1n) is 8.78. The van der Waals surface area contributed by atoms with Gasteiger partial charge in [0.05, 0.1) is 18.0 Å². The molecule has 26 heavy (non-hydrogen) atoms. The van der Waals surface area contributed by atoms with E-state index in [4.69, 9.17) is 15.0 Å². The Morgan fingerprint density at radius 1 is 1.35 bits per heavy atom. The molecule has 2 heterocycles. The van der Waals surface area contributed by atoms with Gasteiger partial charge in [-0.05, 0) is 51.9 Å². The van der Waals surface area contributed by atoms with Gasteiger partial charge in [-0.3, -0.25) is 5.32 Å². The summed E-state index contributed by atoms with van der Waals surface area (Å²) in [5, 5.41) is 12.0. The molecule has 136 valence electrons. The number of aromatic nitrogens is 3. The van der Waals surface area contributed by atoms with Crippen LogP contribution in [0.15, 0.2) is 6.20 Å². The first-order chi connectivity index (χ1) is 12.3. The molecule has 8 heteroatoms. The van der Waals surface area contributed by atoms with Gasteiger partial charge in [-0.1, -0.05) is 11.3 Å². The molecule has 1 N–H and O–H groups in total. The summed E-state index contributed by atoms with van der Waals surface area (Å²) in [7, 11) is 0. The van der Waals surface area contributed by atoms with Crippen LogP contribution < -0.4 is 5.32 Å². The molecule has 1 spiro atoms. The van der Waals surface area contributed by atoms with Gasteiger partial charge in [0, 0.05) is 11.8 Å². The van der Waals surface area contributed by atoms with E-state index in [9.17, 15) is 4.79 Å². The third-order valence-electron chi connectivity index (χ3n) is 5.07. The average Bonchev–Trinajstić information content (AvgIpc) is 2.83. The number of rotatable bonds is 2. The molecule has 2 aromatic rings. The van der Waals surface area contributed by atoms with Crippen LogP contribution in [0.2, 0.25) is 0 Å². The lowest BCUT2D eigenvalue weighted by Crippen LogP contribution is -2.46. The van der Waals surface area contributed by atoms with Gasteiger partial charge >= 0.3 is 6.09 Å². The standard InChI is InChI=1S/C18H21N5O2S/c1-17(2,3)25-16(24)23-15-22-13-14(26-15)21-12(9-20-13)11-6-18(7-11)4-10(5-18)8-19/h9-11H,4-7H2,1-3H3,(H,20,22,23,24). The molecule has 0 bridgehead atoms. The molecule has 2 saturated carbocycles. The van der Waals surface area contributed by atoms with Gasteiger partial charge in [0.25, 0.3) is 0 Å². The molecule has 2 aromatic heterocycles. The molecule has 4 rings (SSSR count). The van der Waals surface area contributed by atoms with Crippen LogP contribution in [0.3, 0.4) is 0 Å². The number of ether oxygens (including phenoxy) is 1. The van der Waals surface area contributed by atoms with Gasteiger partial charge in [-0.15, -0.1) is 0 Å². The van der Waals surface area contributed by atoms with Crippen LogP contribution in [0.5, 0.6) is 0 Å². The predicted octanol–water partition coefficient (Wildman–Crippen LogP) is 4.23. The Morgan fingerprint density at radius 3 is 2.73 bits per heavy atom. The molecular formula is C18H21N5O2S. The minimum atomic E-state index is -0.559. The Hall–Kier alpha value is -2.27. The number of nitrogens with one attached hydrogen (secondary N) is 1. The second-order valence-electron chi connectivity index (χ2n) is 8.41. The number of hydrogen-bond acceptors (Lipinski definition) is 7. The summed E-state index contributed by atoms with van der Waals surface area (Å²) in [6.45, 7) is 5.44. The lowest BCUT2D eigenvalue weighted by Gasteiger charge is -2.56. The Kier molecular flexibility index (Phi) is 3.88. The van der Waals surface area contributed by atoms with Crippen LogP contribution in [0.4, 0.5) is 9.93 Å². The highest BCUT2D eigenvalue weighted by molar-refractivity contribution is 7.21. The third kappa shape index (κ3) is 3.23. The quantitative estimate of drug-likeness (QED) is 0.848. The molecule has 1 amide bonds. The highest BCUT2D eigenvalue weighted by Crippen LogP contribution is 2.63. The number of nitrogens with zero attached hydrogens (tertiary/aromatic N) is 4. The number of anilines is 1. The fourth-order valence-corrected chi connectivity index (χ4v) is 4.77. The lowest BCUT2D eigenvalue weighted by molar-refractivity contribution is -0.0216. The van der Waals surface area contributed by atoms with E-state index in [-0.39, 0.29) is 5.92 Å². The number of thiazole rings is 1. The second-order valence-corrected chi connectivity index (χ2v) is 9.39. The van der Waals surface area contributed by atoms with Crippen molar-refractivity contribution >= 4 is 33.0 Å². The monoisotopic (exact) mass is 371 g/mol. The molecule has 0 unspecified atom stereocenters. The summed E-state index contributed by atoms with van der Waals surface area (Å²) >= 11 is 1.30. The minimum absolute atomic E-state index is 0.243. The minimum Gasteiger partial charge on any atom is -0.444 e. The maximum Gasteiger partial charge on any atom is 0.413 e. The van der Waals surface area contributed by atoms with Gasteiger partial charge in [-0.2, -0.15) is 10.2 Å². The van der Waals surface area contributed by atoms with E-state index in [2.05, 4.69) is 21.4 Å². The molecule has 0 atom stereocenters. The third-order valence-corrected chi connectivity index (χ3v) is 5.92. The van der Waals surface area contributed by atoms with Crippen LogP contribution in [0.1, 0.15) is 58.1 Å². The summed E-state index contributed by atoms with van der Waals surface area (Å²) < 4.78 is 5.24. The fraction of sp³-hybridized carbons (Fsp3) is 0.611. The first kappa shape index (κ1) is 17.2. The topological polar surface area (TPSA) is 101 Å². The maximum absolute atomic E-state index is 11.9. The number of fused-ring (bicyclic) bond motifs is 1. The molecule has 2 aliphatic carbocycles. The molecule has 7 nitrogen and oxygen atoms in total. The Balaban J connectivity index is 1.42. The van der Waals surface area contributed by atoms with E-state index in [1.54, 1.807) is 6.20 Å². The van der Waals surface area contributed by atoms with E-state index in [1.807, 2.05) is 20.8 Å². The van der Waals surface area contributed by atoms with Gasteiger partial charge in [0.1, 0.15) is 5.60 Å². The van der Waals surface area contributed by atoms with Crippen molar-refractivity contribution in [3.05, 3.63) is 11.9 Å². The number of amides is 1. The van der Waals surface area contributed by atoms with Crippen molar-refractivity contribution in [2.45, 2.75) is 58.0 Å². The highest BCUT2D eigenvalue weighted by Gasteiger charge is 2.53. The van der Waals surface area contributed by atoms with Crippen LogP contribution in [0, 0.1) is 22.7 Å². The average molecular weight is 371 g/mol. The van der Waals surface area contributed by atoms with Crippen LogP contribution in [-0.4, -0.2) is 26.6 Å². The van der Waals surface area contributed by atoms with E-state index in [0.29, 0.717) is 22.1 Å². The van der Waals surface area contributed by atoms with Crippen LogP contribution in [-0.2, 0) is 4.74 Å². The zero-order valence-electron chi connectivity index (χ0n) is 15.1. The summed E-state index contributed by atoms with van der Waals surface area (Å²) in [5.41, 5.74) is 1.33. The molecule has 0 saturated heterocycles. The predicted molar refractivity (Wildman–Crippen MR) is 97.8 cm³/mol. The Bertz CT molecular complexity index is 896. The Labute approximate surface area is 155 Å². The summed E-state index contributed by atoms with van der Waals surface area (Å²) in [6.07, 6.45) is 5.49. The summed E-state index contributed by atoms with van der Waals surface area (Å²) in [5.74, 6) is 0.656. The summed E-state index contributed by atoms with van der Waals surface area (Å²) in [4.78, 5) is 26.0. The number of nitriles is 1. The number of hydrogen-bond donors (Lipinski definition) is 1. The molecule has 0 radical (unpaired) electrons. The zero-order valence-corrected chi connectivity index (χ0v) is 15.9.